The van der Waals surface area contributed by atoms with E-state index in [2.05, 4.69) is 26.9 Å². The summed E-state index contributed by atoms with van der Waals surface area (Å²) in [4.78, 5) is 7.62. The lowest BCUT2D eigenvalue weighted by molar-refractivity contribution is 0.0309. The summed E-state index contributed by atoms with van der Waals surface area (Å²) in [5.41, 5.74) is 1.36. The summed E-state index contributed by atoms with van der Waals surface area (Å²) in [5.74, 6) is 1.12. The molecule has 2 heterocycles. The fourth-order valence-electron chi connectivity index (χ4n) is 3.38. The van der Waals surface area contributed by atoms with E-state index >= 15 is 0 Å². The first-order valence-corrected chi connectivity index (χ1v) is 8.57. The molecule has 2 fully saturated rings. The molecule has 0 aromatic carbocycles. The van der Waals surface area contributed by atoms with Gasteiger partial charge in [0.1, 0.15) is 0 Å². The Balaban J connectivity index is 1.40. The van der Waals surface area contributed by atoms with Crippen LogP contribution in [0, 0.1) is 0 Å². The summed E-state index contributed by atoms with van der Waals surface area (Å²) < 4.78 is 10.8. The molecule has 2 aliphatic heterocycles. The standard InChI is InChI=1S/C17H29N3O2/c1-21-17-4-2-3-16(15-17)20-9-7-18(8-10-20)5-6-19-11-13-22-14-12-19/h3,15H,2,4-14H2,1H3. The van der Waals surface area contributed by atoms with Gasteiger partial charge in [-0.1, -0.05) is 6.08 Å². The van der Waals surface area contributed by atoms with E-state index < -0.39 is 0 Å². The van der Waals surface area contributed by atoms with Crippen molar-refractivity contribution in [2.75, 3.05) is 72.7 Å². The van der Waals surface area contributed by atoms with Gasteiger partial charge in [-0.25, -0.2) is 0 Å². The highest BCUT2D eigenvalue weighted by molar-refractivity contribution is 5.24. The number of morpholine rings is 1. The smallest absolute Gasteiger partial charge is 0.0979 e. The molecule has 1 aliphatic carbocycles. The molecule has 0 spiro atoms. The average molecular weight is 307 g/mol. The van der Waals surface area contributed by atoms with Gasteiger partial charge in [-0.15, -0.1) is 0 Å². The molecule has 2 saturated heterocycles. The summed E-state index contributed by atoms with van der Waals surface area (Å²) in [6, 6.07) is 0. The van der Waals surface area contributed by atoms with Crippen LogP contribution in [0.15, 0.2) is 23.6 Å². The number of ether oxygens (including phenoxy) is 2. The van der Waals surface area contributed by atoms with Crippen LogP contribution < -0.4 is 0 Å². The van der Waals surface area contributed by atoms with Gasteiger partial charge in [0, 0.05) is 64.5 Å². The fourth-order valence-corrected chi connectivity index (χ4v) is 3.38. The zero-order valence-corrected chi connectivity index (χ0v) is 13.8. The molecule has 3 rings (SSSR count). The Morgan fingerprint density at radius 2 is 1.68 bits per heavy atom. The van der Waals surface area contributed by atoms with Crippen molar-refractivity contribution >= 4 is 0 Å². The second kappa shape index (κ2) is 7.99. The van der Waals surface area contributed by atoms with Crippen LogP contribution in [0.1, 0.15) is 12.8 Å². The van der Waals surface area contributed by atoms with Gasteiger partial charge in [0.15, 0.2) is 0 Å². The highest BCUT2D eigenvalue weighted by Crippen LogP contribution is 2.21. The van der Waals surface area contributed by atoms with E-state index in [-0.39, 0.29) is 0 Å². The molecule has 0 bridgehead atoms. The summed E-state index contributed by atoms with van der Waals surface area (Å²) in [6.07, 6.45) is 6.71. The molecule has 0 saturated carbocycles. The van der Waals surface area contributed by atoms with E-state index in [0.29, 0.717) is 0 Å². The lowest BCUT2D eigenvalue weighted by Gasteiger charge is -2.38. The number of methoxy groups -OCH3 is 1. The zero-order chi connectivity index (χ0) is 15.2. The Hall–Kier alpha value is -1.04. The minimum atomic E-state index is 0.899. The molecule has 0 amide bonds. The van der Waals surface area contributed by atoms with Crippen molar-refractivity contribution in [2.45, 2.75) is 12.8 Å². The molecule has 0 aromatic heterocycles. The summed E-state index contributed by atoms with van der Waals surface area (Å²) in [7, 11) is 1.78. The topological polar surface area (TPSA) is 28.2 Å². The second-order valence-electron chi connectivity index (χ2n) is 6.27. The van der Waals surface area contributed by atoms with Crippen LogP contribution in [-0.2, 0) is 9.47 Å². The van der Waals surface area contributed by atoms with E-state index in [0.717, 1.165) is 71.1 Å². The van der Waals surface area contributed by atoms with Gasteiger partial charge in [0.05, 0.1) is 26.1 Å². The SMILES string of the molecule is COC1=CC(N2CCN(CCN3CCOCC3)CC2)=CCC1. The molecule has 5 nitrogen and oxygen atoms in total. The quantitative estimate of drug-likeness (QED) is 0.760. The van der Waals surface area contributed by atoms with Crippen LogP contribution >= 0.6 is 0 Å². The summed E-state index contributed by atoms with van der Waals surface area (Å²) in [6.45, 7) is 10.9. The number of allylic oxidation sites excluding steroid dienone is 3. The molecular weight excluding hydrogens is 278 g/mol. The molecule has 5 heteroatoms. The Bertz CT molecular complexity index is 408. The van der Waals surface area contributed by atoms with Crippen LogP contribution in [0.2, 0.25) is 0 Å². The molecule has 0 atom stereocenters. The van der Waals surface area contributed by atoms with Crippen LogP contribution in [0.3, 0.4) is 0 Å². The Morgan fingerprint density at radius 3 is 2.36 bits per heavy atom. The predicted octanol–water partition coefficient (Wildman–Crippen LogP) is 1.14. The third-order valence-electron chi connectivity index (χ3n) is 4.89. The molecule has 124 valence electrons. The predicted molar refractivity (Wildman–Crippen MR) is 87.7 cm³/mol. The molecule has 0 aromatic rings. The van der Waals surface area contributed by atoms with E-state index in [1.807, 2.05) is 0 Å². The fraction of sp³-hybridized carbons (Fsp3) is 0.765. The van der Waals surface area contributed by atoms with Gasteiger partial charge in [-0.2, -0.15) is 0 Å². The monoisotopic (exact) mass is 307 g/mol. The lowest BCUT2D eigenvalue weighted by atomic mass is 10.1. The van der Waals surface area contributed by atoms with Crippen molar-refractivity contribution in [3.63, 3.8) is 0 Å². The van der Waals surface area contributed by atoms with E-state index in [4.69, 9.17) is 9.47 Å². The lowest BCUT2D eigenvalue weighted by Crippen LogP contribution is -2.49. The van der Waals surface area contributed by atoms with E-state index in [9.17, 15) is 0 Å². The summed E-state index contributed by atoms with van der Waals surface area (Å²) >= 11 is 0. The second-order valence-corrected chi connectivity index (χ2v) is 6.27. The van der Waals surface area contributed by atoms with Gasteiger partial charge < -0.3 is 14.4 Å². The van der Waals surface area contributed by atoms with Crippen molar-refractivity contribution in [3.8, 4) is 0 Å². The largest absolute Gasteiger partial charge is 0.501 e. The number of hydrogen-bond acceptors (Lipinski definition) is 5. The first-order chi connectivity index (χ1) is 10.8. The van der Waals surface area contributed by atoms with Gasteiger partial charge in [-0.05, 0) is 12.5 Å². The summed E-state index contributed by atoms with van der Waals surface area (Å²) in [5, 5.41) is 0. The Labute approximate surface area is 134 Å². The van der Waals surface area contributed by atoms with Crippen molar-refractivity contribution in [2.24, 2.45) is 0 Å². The van der Waals surface area contributed by atoms with Crippen molar-refractivity contribution in [3.05, 3.63) is 23.6 Å². The minimum absolute atomic E-state index is 0.899. The van der Waals surface area contributed by atoms with Crippen molar-refractivity contribution in [1.29, 1.82) is 0 Å². The number of hydrogen-bond donors (Lipinski definition) is 0. The van der Waals surface area contributed by atoms with E-state index in [1.54, 1.807) is 7.11 Å². The van der Waals surface area contributed by atoms with Gasteiger partial charge in [0.25, 0.3) is 0 Å². The Kier molecular flexibility index (Phi) is 5.76. The molecular formula is C17H29N3O2. The molecule has 0 N–H and O–H groups in total. The highest BCUT2D eigenvalue weighted by atomic mass is 16.5. The maximum atomic E-state index is 5.41. The number of rotatable bonds is 5. The third-order valence-corrected chi connectivity index (χ3v) is 4.89. The van der Waals surface area contributed by atoms with Gasteiger partial charge >= 0.3 is 0 Å². The van der Waals surface area contributed by atoms with Crippen LogP contribution in [0.5, 0.6) is 0 Å². The molecule has 0 unspecified atom stereocenters. The maximum Gasteiger partial charge on any atom is 0.0979 e. The Morgan fingerprint density at radius 1 is 1.00 bits per heavy atom. The van der Waals surface area contributed by atoms with Crippen LogP contribution in [-0.4, -0.2) is 87.4 Å². The first kappa shape index (κ1) is 15.8. The van der Waals surface area contributed by atoms with Crippen molar-refractivity contribution in [1.82, 2.24) is 14.7 Å². The minimum Gasteiger partial charge on any atom is -0.501 e. The zero-order valence-electron chi connectivity index (χ0n) is 13.8. The highest BCUT2D eigenvalue weighted by Gasteiger charge is 2.20. The number of nitrogens with zero attached hydrogens (tertiary/aromatic N) is 3. The molecule has 3 aliphatic rings. The first-order valence-electron chi connectivity index (χ1n) is 8.57. The molecule has 22 heavy (non-hydrogen) atoms. The third kappa shape index (κ3) is 4.24. The van der Waals surface area contributed by atoms with Gasteiger partial charge in [-0.3, -0.25) is 9.80 Å². The molecule has 0 radical (unpaired) electrons. The van der Waals surface area contributed by atoms with Crippen molar-refractivity contribution < 1.29 is 9.47 Å². The van der Waals surface area contributed by atoms with E-state index in [1.165, 1.54) is 18.8 Å². The van der Waals surface area contributed by atoms with Crippen LogP contribution in [0.25, 0.3) is 0 Å². The van der Waals surface area contributed by atoms with Gasteiger partial charge in [0.2, 0.25) is 0 Å². The van der Waals surface area contributed by atoms with Crippen LogP contribution in [0.4, 0.5) is 0 Å². The normalized spacial score (nSPS) is 24.9. The average Bonchev–Trinajstić information content (AvgIpc) is 2.61. The maximum absolute atomic E-state index is 5.41. The number of piperazine rings is 1.